The minimum Gasteiger partial charge on any atom is -0.316 e. The van der Waals surface area contributed by atoms with Crippen LogP contribution in [0, 0.1) is 8.98 Å². The Morgan fingerprint density at radius 2 is 1.91 bits per heavy atom. The maximum Gasteiger partial charge on any atom is 0.258 e. The van der Waals surface area contributed by atoms with Crippen LogP contribution in [0.5, 0.6) is 0 Å². The summed E-state index contributed by atoms with van der Waals surface area (Å²) in [4.78, 5) is 13.7. The van der Waals surface area contributed by atoms with Gasteiger partial charge in [-0.15, -0.1) is 0 Å². The monoisotopic (exact) mass is 447 g/mol. The van der Waals surface area contributed by atoms with Crippen molar-refractivity contribution in [3.63, 3.8) is 0 Å². The Morgan fingerprint density at radius 3 is 2.55 bits per heavy atom. The summed E-state index contributed by atoms with van der Waals surface area (Å²) in [6.07, 6.45) is 0. The van der Waals surface area contributed by atoms with Crippen molar-refractivity contribution in [3.8, 4) is 0 Å². The molecule has 0 heterocycles. The first kappa shape index (κ1) is 17.1. The third-order valence-electron chi connectivity index (χ3n) is 2.94. The summed E-state index contributed by atoms with van der Waals surface area (Å²) < 4.78 is 1.05. The number of anilines is 1. The van der Waals surface area contributed by atoms with Gasteiger partial charge in [0.2, 0.25) is 5.96 Å². The molecule has 0 saturated heterocycles. The van der Waals surface area contributed by atoms with E-state index in [4.69, 9.17) is 28.6 Å². The number of carbonyl (C=O) groups is 1. The standard InChI is InChI=1S/C15H12Cl2IN3O/c1-21(11-4-2-3-10(18)8-11)15(19)20-14(22)9-5-6-12(16)13(17)7-9/h2-8H,1H3,(H2,19,20,22). The average molecular weight is 448 g/mol. The highest BCUT2D eigenvalue weighted by Crippen LogP contribution is 2.22. The van der Waals surface area contributed by atoms with Crippen molar-refractivity contribution in [3.05, 3.63) is 61.6 Å². The molecule has 0 unspecified atom stereocenters. The van der Waals surface area contributed by atoms with Gasteiger partial charge in [0.15, 0.2) is 0 Å². The van der Waals surface area contributed by atoms with E-state index in [0.717, 1.165) is 9.26 Å². The predicted octanol–water partition coefficient (Wildman–Crippen LogP) is 4.40. The summed E-state index contributed by atoms with van der Waals surface area (Å²) in [5.74, 6) is -0.445. The van der Waals surface area contributed by atoms with Gasteiger partial charge in [0.1, 0.15) is 0 Å². The van der Waals surface area contributed by atoms with Crippen molar-refractivity contribution in [2.75, 3.05) is 11.9 Å². The third-order valence-corrected chi connectivity index (χ3v) is 4.35. The summed E-state index contributed by atoms with van der Waals surface area (Å²) in [6, 6.07) is 12.2. The lowest BCUT2D eigenvalue weighted by Crippen LogP contribution is -2.41. The average Bonchev–Trinajstić information content (AvgIpc) is 2.49. The second-order valence-electron chi connectivity index (χ2n) is 4.47. The molecule has 0 spiro atoms. The Hall–Kier alpha value is -1.31. The summed E-state index contributed by atoms with van der Waals surface area (Å²) in [7, 11) is 1.71. The van der Waals surface area contributed by atoms with Gasteiger partial charge in [-0.25, -0.2) is 0 Å². The molecule has 0 bridgehead atoms. The van der Waals surface area contributed by atoms with Gasteiger partial charge in [0, 0.05) is 21.9 Å². The number of benzene rings is 2. The summed E-state index contributed by atoms with van der Waals surface area (Å²) in [5.41, 5.74) is 1.15. The summed E-state index contributed by atoms with van der Waals surface area (Å²) in [6.45, 7) is 0. The minimum atomic E-state index is -0.416. The van der Waals surface area contributed by atoms with E-state index in [1.165, 1.54) is 6.07 Å². The van der Waals surface area contributed by atoms with Crippen LogP contribution in [0.2, 0.25) is 10.0 Å². The van der Waals surface area contributed by atoms with Crippen LogP contribution in [0.1, 0.15) is 10.4 Å². The van der Waals surface area contributed by atoms with Crippen LogP contribution >= 0.6 is 45.8 Å². The molecule has 0 saturated carbocycles. The van der Waals surface area contributed by atoms with Crippen LogP contribution < -0.4 is 10.2 Å². The number of hydrogen-bond donors (Lipinski definition) is 2. The SMILES string of the molecule is CN(C(=N)NC(=O)c1ccc(Cl)c(Cl)c1)c1cccc(I)c1. The van der Waals surface area contributed by atoms with Crippen molar-refractivity contribution in [1.82, 2.24) is 5.32 Å². The van der Waals surface area contributed by atoms with E-state index >= 15 is 0 Å². The van der Waals surface area contributed by atoms with Gasteiger partial charge >= 0.3 is 0 Å². The molecule has 114 valence electrons. The van der Waals surface area contributed by atoms with E-state index in [-0.39, 0.29) is 5.96 Å². The number of guanidine groups is 1. The Bertz CT molecular complexity index is 736. The first-order chi connectivity index (χ1) is 10.4. The van der Waals surface area contributed by atoms with Crippen LogP contribution in [0.3, 0.4) is 0 Å². The molecule has 7 heteroatoms. The van der Waals surface area contributed by atoms with Crippen molar-refractivity contribution < 1.29 is 4.79 Å². The van der Waals surface area contributed by atoms with Crippen LogP contribution in [0.4, 0.5) is 5.69 Å². The smallest absolute Gasteiger partial charge is 0.258 e. The van der Waals surface area contributed by atoms with Gasteiger partial charge in [-0.05, 0) is 59.0 Å². The Morgan fingerprint density at radius 1 is 1.18 bits per heavy atom. The normalized spacial score (nSPS) is 10.2. The summed E-state index contributed by atoms with van der Waals surface area (Å²) in [5, 5.41) is 11.2. The second-order valence-corrected chi connectivity index (χ2v) is 6.53. The molecule has 0 radical (unpaired) electrons. The molecule has 0 aliphatic heterocycles. The first-order valence-electron chi connectivity index (χ1n) is 6.22. The lowest BCUT2D eigenvalue weighted by atomic mass is 10.2. The summed E-state index contributed by atoms with van der Waals surface area (Å²) >= 11 is 13.9. The Kier molecular flexibility index (Phi) is 5.66. The number of nitrogens with one attached hydrogen (secondary N) is 2. The molecule has 0 aliphatic carbocycles. The fraction of sp³-hybridized carbons (Fsp3) is 0.0667. The van der Waals surface area contributed by atoms with Gasteiger partial charge in [0.05, 0.1) is 10.0 Å². The minimum absolute atomic E-state index is 0.0296. The van der Waals surface area contributed by atoms with Crippen molar-refractivity contribution in [1.29, 1.82) is 5.41 Å². The number of halogens is 3. The molecule has 2 rings (SSSR count). The zero-order valence-corrected chi connectivity index (χ0v) is 15.2. The molecule has 4 nitrogen and oxygen atoms in total. The van der Waals surface area contributed by atoms with Crippen molar-refractivity contribution in [2.24, 2.45) is 0 Å². The van der Waals surface area contributed by atoms with Gasteiger partial charge in [0.25, 0.3) is 5.91 Å². The number of amides is 1. The van der Waals surface area contributed by atoms with Crippen LogP contribution in [0.25, 0.3) is 0 Å². The number of hydrogen-bond acceptors (Lipinski definition) is 2. The molecular formula is C15H12Cl2IN3O. The van der Waals surface area contributed by atoms with Gasteiger partial charge in [-0.1, -0.05) is 29.3 Å². The van der Waals surface area contributed by atoms with E-state index in [1.807, 2.05) is 24.3 Å². The second kappa shape index (κ2) is 7.30. The van der Waals surface area contributed by atoms with Crippen LogP contribution in [0.15, 0.2) is 42.5 Å². The zero-order valence-electron chi connectivity index (χ0n) is 11.5. The fourth-order valence-corrected chi connectivity index (χ4v) is 2.54. The highest BCUT2D eigenvalue weighted by molar-refractivity contribution is 14.1. The maximum absolute atomic E-state index is 12.1. The van der Waals surface area contributed by atoms with Gasteiger partial charge in [-0.3, -0.25) is 15.5 Å². The van der Waals surface area contributed by atoms with Gasteiger partial charge < -0.3 is 4.90 Å². The number of nitrogens with zero attached hydrogens (tertiary/aromatic N) is 1. The van der Waals surface area contributed by atoms with Crippen molar-refractivity contribution in [2.45, 2.75) is 0 Å². The fourth-order valence-electron chi connectivity index (χ4n) is 1.71. The largest absolute Gasteiger partial charge is 0.316 e. The maximum atomic E-state index is 12.1. The Labute approximate surface area is 152 Å². The zero-order chi connectivity index (χ0) is 16.3. The molecule has 2 aromatic carbocycles. The van der Waals surface area contributed by atoms with E-state index < -0.39 is 5.91 Å². The topological polar surface area (TPSA) is 56.2 Å². The highest BCUT2D eigenvalue weighted by Gasteiger charge is 2.13. The van der Waals surface area contributed by atoms with E-state index in [2.05, 4.69) is 27.9 Å². The van der Waals surface area contributed by atoms with Gasteiger partial charge in [-0.2, -0.15) is 0 Å². The first-order valence-corrected chi connectivity index (χ1v) is 8.06. The van der Waals surface area contributed by atoms with Crippen LogP contribution in [-0.2, 0) is 0 Å². The van der Waals surface area contributed by atoms with E-state index in [9.17, 15) is 4.79 Å². The van der Waals surface area contributed by atoms with E-state index in [1.54, 1.807) is 24.1 Å². The molecule has 0 aromatic heterocycles. The quantitative estimate of drug-likeness (QED) is 0.407. The Balaban J connectivity index is 2.10. The third kappa shape index (κ3) is 4.12. The molecule has 0 fully saturated rings. The predicted molar refractivity (Wildman–Crippen MR) is 99.2 cm³/mol. The molecular weight excluding hydrogens is 436 g/mol. The lowest BCUT2D eigenvalue weighted by Gasteiger charge is -2.20. The molecule has 1 amide bonds. The number of carbonyl (C=O) groups excluding carboxylic acids is 1. The molecule has 0 aliphatic rings. The highest BCUT2D eigenvalue weighted by atomic mass is 127. The lowest BCUT2D eigenvalue weighted by molar-refractivity contribution is 0.0976. The van der Waals surface area contributed by atoms with E-state index in [0.29, 0.717) is 15.6 Å². The van der Waals surface area contributed by atoms with Crippen molar-refractivity contribution >= 4 is 63.3 Å². The number of rotatable bonds is 2. The molecule has 22 heavy (non-hydrogen) atoms. The molecule has 2 aromatic rings. The molecule has 2 N–H and O–H groups in total. The molecule has 0 atom stereocenters. The van der Waals surface area contributed by atoms with Crippen LogP contribution in [-0.4, -0.2) is 18.9 Å².